The zero-order valence-electron chi connectivity index (χ0n) is 17.2. The molecule has 152 valence electrons. The largest absolute Gasteiger partial charge is 0.344 e. The van der Waals surface area contributed by atoms with Crippen molar-refractivity contribution in [1.82, 2.24) is 19.6 Å². The standard InChI is InChI=1S/C22H31ClN4O/c1-17-14-18(2)27(24-17)16-22(28)25(3)15-20-9-12-26(13-10-20)11-8-19-4-6-21(23)7-5-19/h4-7,14,20H,8-13,15-16H2,1-3H3. The summed E-state index contributed by atoms with van der Waals surface area (Å²) in [7, 11) is 1.92. The predicted octanol–water partition coefficient (Wildman–Crippen LogP) is 3.57. The minimum Gasteiger partial charge on any atom is -0.344 e. The van der Waals surface area contributed by atoms with Crippen LogP contribution in [0.15, 0.2) is 30.3 Å². The number of likely N-dealkylation sites (tertiary alicyclic amines) is 1. The molecular formula is C22H31ClN4O. The van der Waals surface area contributed by atoms with E-state index in [0.717, 1.165) is 61.9 Å². The summed E-state index contributed by atoms with van der Waals surface area (Å²) in [6.07, 6.45) is 3.36. The maximum atomic E-state index is 12.5. The van der Waals surface area contributed by atoms with Crippen LogP contribution in [0.3, 0.4) is 0 Å². The van der Waals surface area contributed by atoms with Crippen LogP contribution in [0.5, 0.6) is 0 Å². The van der Waals surface area contributed by atoms with Crippen LogP contribution in [-0.2, 0) is 17.8 Å². The van der Waals surface area contributed by atoms with Gasteiger partial charge < -0.3 is 9.80 Å². The Hall–Kier alpha value is -1.85. The number of rotatable bonds is 7. The maximum Gasteiger partial charge on any atom is 0.244 e. The number of nitrogens with zero attached hydrogens (tertiary/aromatic N) is 4. The Balaban J connectivity index is 1.39. The van der Waals surface area contributed by atoms with Gasteiger partial charge in [-0.05, 0) is 75.9 Å². The highest BCUT2D eigenvalue weighted by atomic mass is 35.5. The van der Waals surface area contributed by atoms with E-state index in [1.54, 1.807) is 4.68 Å². The van der Waals surface area contributed by atoms with Gasteiger partial charge in [0.15, 0.2) is 0 Å². The predicted molar refractivity (Wildman–Crippen MR) is 114 cm³/mol. The average Bonchev–Trinajstić information content (AvgIpc) is 2.99. The normalized spacial score (nSPS) is 15.7. The van der Waals surface area contributed by atoms with Crippen molar-refractivity contribution >= 4 is 17.5 Å². The van der Waals surface area contributed by atoms with Gasteiger partial charge in [0, 0.05) is 30.9 Å². The molecular weight excluding hydrogens is 372 g/mol. The number of halogens is 1. The van der Waals surface area contributed by atoms with Crippen LogP contribution in [0.25, 0.3) is 0 Å². The van der Waals surface area contributed by atoms with Gasteiger partial charge >= 0.3 is 0 Å². The molecule has 1 aromatic heterocycles. The van der Waals surface area contributed by atoms with Crippen LogP contribution in [0, 0.1) is 19.8 Å². The van der Waals surface area contributed by atoms with Crippen molar-refractivity contribution in [2.75, 3.05) is 33.2 Å². The van der Waals surface area contributed by atoms with Crippen LogP contribution in [0.4, 0.5) is 0 Å². The fraction of sp³-hybridized carbons (Fsp3) is 0.545. The number of carbonyl (C=O) groups is 1. The minimum absolute atomic E-state index is 0.136. The van der Waals surface area contributed by atoms with Gasteiger partial charge in [-0.3, -0.25) is 9.48 Å². The molecule has 1 saturated heterocycles. The lowest BCUT2D eigenvalue weighted by molar-refractivity contribution is -0.131. The summed E-state index contributed by atoms with van der Waals surface area (Å²) >= 11 is 5.95. The first-order valence-electron chi connectivity index (χ1n) is 10.1. The van der Waals surface area contributed by atoms with E-state index in [2.05, 4.69) is 22.1 Å². The van der Waals surface area contributed by atoms with Gasteiger partial charge in [-0.25, -0.2) is 0 Å². The van der Waals surface area contributed by atoms with Gasteiger partial charge in [-0.2, -0.15) is 5.10 Å². The van der Waals surface area contributed by atoms with Crippen LogP contribution in [0.2, 0.25) is 5.02 Å². The van der Waals surface area contributed by atoms with E-state index >= 15 is 0 Å². The Morgan fingerprint density at radius 1 is 1.21 bits per heavy atom. The smallest absolute Gasteiger partial charge is 0.244 e. The second kappa shape index (κ2) is 9.57. The van der Waals surface area contributed by atoms with Crippen molar-refractivity contribution in [3.63, 3.8) is 0 Å². The molecule has 2 aromatic rings. The van der Waals surface area contributed by atoms with Crippen molar-refractivity contribution in [2.45, 2.75) is 39.7 Å². The second-order valence-electron chi connectivity index (χ2n) is 8.02. The number of aryl methyl sites for hydroxylation is 2. The molecule has 3 rings (SSSR count). The number of hydrogen-bond acceptors (Lipinski definition) is 3. The highest BCUT2D eigenvalue weighted by molar-refractivity contribution is 6.30. The van der Waals surface area contributed by atoms with E-state index in [1.807, 2.05) is 44.0 Å². The van der Waals surface area contributed by atoms with E-state index < -0.39 is 0 Å². The summed E-state index contributed by atoms with van der Waals surface area (Å²) in [5.41, 5.74) is 3.33. The van der Waals surface area contributed by atoms with E-state index in [9.17, 15) is 4.79 Å². The Kier molecular flexibility index (Phi) is 7.13. The Labute approximate surface area is 173 Å². The topological polar surface area (TPSA) is 41.4 Å². The molecule has 0 unspecified atom stereocenters. The van der Waals surface area contributed by atoms with Crippen LogP contribution < -0.4 is 0 Å². The summed E-state index contributed by atoms with van der Waals surface area (Å²) in [6, 6.07) is 10.1. The molecule has 5 nitrogen and oxygen atoms in total. The number of likely N-dealkylation sites (N-methyl/N-ethyl adjacent to an activating group) is 1. The molecule has 0 bridgehead atoms. The monoisotopic (exact) mass is 402 g/mol. The quantitative estimate of drug-likeness (QED) is 0.710. The summed E-state index contributed by atoms with van der Waals surface area (Å²) < 4.78 is 1.80. The number of carbonyl (C=O) groups excluding carboxylic acids is 1. The minimum atomic E-state index is 0.136. The number of benzene rings is 1. The molecule has 1 aliphatic heterocycles. The molecule has 0 N–H and O–H groups in total. The van der Waals surface area contributed by atoms with Crippen LogP contribution >= 0.6 is 11.6 Å². The zero-order valence-corrected chi connectivity index (χ0v) is 18.0. The molecule has 0 atom stereocenters. The maximum absolute atomic E-state index is 12.5. The molecule has 0 spiro atoms. The third-order valence-electron chi connectivity index (χ3n) is 5.68. The van der Waals surface area contributed by atoms with Gasteiger partial charge in [-0.15, -0.1) is 0 Å². The number of amides is 1. The van der Waals surface area contributed by atoms with Gasteiger partial charge in [0.2, 0.25) is 5.91 Å². The Bertz CT molecular complexity index is 778. The molecule has 6 heteroatoms. The molecule has 0 radical (unpaired) electrons. The molecule has 0 aliphatic carbocycles. The first-order valence-corrected chi connectivity index (χ1v) is 10.5. The van der Waals surface area contributed by atoms with Crippen molar-refractivity contribution in [3.8, 4) is 0 Å². The van der Waals surface area contributed by atoms with Crippen molar-refractivity contribution in [3.05, 3.63) is 52.3 Å². The number of hydrogen-bond donors (Lipinski definition) is 0. The van der Waals surface area contributed by atoms with E-state index in [1.165, 1.54) is 5.56 Å². The summed E-state index contributed by atoms with van der Waals surface area (Å²) in [5, 5.41) is 5.19. The lowest BCUT2D eigenvalue weighted by Gasteiger charge is -2.34. The van der Waals surface area contributed by atoms with Crippen molar-refractivity contribution in [2.24, 2.45) is 5.92 Å². The Morgan fingerprint density at radius 2 is 1.89 bits per heavy atom. The zero-order chi connectivity index (χ0) is 20.1. The molecule has 1 aromatic carbocycles. The van der Waals surface area contributed by atoms with E-state index in [-0.39, 0.29) is 5.91 Å². The fourth-order valence-electron chi connectivity index (χ4n) is 3.90. The summed E-state index contributed by atoms with van der Waals surface area (Å²) in [6.45, 7) is 8.42. The highest BCUT2D eigenvalue weighted by Gasteiger charge is 2.22. The SMILES string of the molecule is Cc1cc(C)n(CC(=O)N(C)CC2CCN(CCc3ccc(Cl)cc3)CC2)n1. The molecule has 0 saturated carbocycles. The summed E-state index contributed by atoms with van der Waals surface area (Å²) in [4.78, 5) is 17.0. The third kappa shape index (κ3) is 5.82. The lowest BCUT2D eigenvalue weighted by atomic mass is 9.96. The third-order valence-corrected chi connectivity index (χ3v) is 5.94. The second-order valence-corrected chi connectivity index (χ2v) is 8.46. The Morgan fingerprint density at radius 3 is 2.50 bits per heavy atom. The highest BCUT2D eigenvalue weighted by Crippen LogP contribution is 2.19. The van der Waals surface area contributed by atoms with Gasteiger partial charge in [0.1, 0.15) is 6.54 Å². The van der Waals surface area contributed by atoms with E-state index in [0.29, 0.717) is 12.5 Å². The molecule has 2 heterocycles. The summed E-state index contributed by atoms with van der Waals surface area (Å²) in [5.74, 6) is 0.720. The van der Waals surface area contributed by atoms with Crippen molar-refractivity contribution < 1.29 is 4.79 Å². The first-order chi connectivity index (χ1) is 13.4. The average molecular weight is 403 g/mol. The van der Waals surface area contributed by atoms with E-state index in [4.69, 9.17) is 11.6 Å². The van der Waals surface area contributed by atoms with Crippen molar-refractivity contribution in [1.29, 1.82) is 0 Å². The lowest BCUT2D eigenvalue weighted by Crippen LogP contribution is -2.41. The molecule has 1 aliphatic rings. The molecule has 1 fully saturated rings. The fourth-order valence-corrected chi connectivity index (χ4v) is 4.03. The van der Waals surface area contributed by atoms with Crippen LogP contribution in [-0.4, -0.2) is 58.7 Å². The van der Waals surface area contributed by atoms with Gasteiger partial charge in [0.25, 0.3) is 0 Å². The number of piperidine rings is 1. The van der Waals surface area contributed by atoms with Gasteiger partial charge in [-0.1, -0.05) is 23.7 Å². The molecule has 28 heavy (non-hydrogen) atoms. The van der Waals surface area contributed by atoms with Gasteiger partial charge in [0.05, 0.1) is 5.69 Å². The molecule has 1 amide bonds. The first kappa shape index (κ1) is 20.9. The van der Waals surface area contributed by atoms with Crippen LogP contribution in [0.1, 0.15) is 29.8 Å². The number of aromatic nitrogens is 2.